The summed E-state index contributed by atoms with van der Waals surface area (Å²) < 4.78 is 6.97. The van der Waals surface area contributed by atoms with E-state index in [4.69, 9.17) is 10.5 Å². The highest BCUT2D eigenvalue weighted by Gasteiger charge is 2.51. The highest BCUT2D eigenvalue weighted by Crippen LogP contribution is 2.60. The van der Waals surface area contributed by atoms with Crippen LogP contribution in [0.3, 0.4) is 0 Å². The Morgan fingerprint density at radius 3 is 2.27 bits per heavy atom. The molecule has 0 aliphatic heterocycles. The van der Waals surface area contributed by atoms with E-state index in [-0.39, 0.29) is 0 Å². The Kier molecular flexibility index (Phi) is 3.48. The first-order chi connectivity index (χ1) is 10.5. The van der Waals surface area contributed by atoms with Crippen molar-refractivity contribution in [3.05, 3.63) is 28.2 Å². The van der Waals surface area contributed by atoms with Gasteiger partial charge in [-0.1, -0.05) is 0 Å². The average Bonchev–Trinajstić information content (AvgIpc) is 2.44. The first-order valence-electron chi connectivity index (χ1n) is 8.25. The lowest BCUT2D eigenvalue weighted by Gasteiger charge is -2.56. The molecule has 1 amide bonds. The molecule has 0 unspecified atom stereocenters. The van der Waals surface area contributed by atoms with E-state index in [0.29, 0.717) is 11.0 Å². The van der Waals surface area contributed by atoms with E-state index in [2.05, 4.69) is 15.9 Å². The summed E-state index contributed by atoms with van der Waals surface area (Å²) in [5.74, 6) is 3.23. The summed E-state index contributed by atoms with van der Waals surface area (Å²) in [5, 5.41) is 0. The van der Waals surface area contributed by atoms with Gasteiger partial charge in [0.25, 0.3) is 0 Å². The average molecular weight is 364 g/mol. The van der Waals surface area contributed by atoms with Gasteiger partial charge in [-0.25, -0.2) is 0 Å². The van der Waals surface area contributed by atoms with Crippen molar-refractivity contribution in [3.8, 4) is 5.75 Å². The lowest BCUT2D eigenvalue weighted by atomic mass is 9.50. The molecule has 0 spiro atoms. The predicted octanol–water partition coefficient (Wildman–Crippen LogP) is 4.14. The molecule has 2 N–H and O–H groups in total. The maximum absolute atomic E-state index is 11.2. The lowest BCUT2D eigenvalue weighted by Crippen LogP contribution is -2.48. The monoisotopic (exact) mass is 363 g/mol. The zero-order chi connectivity index (χ0) is 15.3. The van der Waals surface area contributed by atoms with Gasteiger partial charge in [0.15, 0.2) is 0 Å². The number of rotatable bonds is 4. The summed E-state index contributed by atoms with van der Waals surface area (Å²) >= 11 is 3.49. The van der Waals surface area contributed by atoms with Gasteiger partial charge in [-0.05, 0) is 90.4 Å². The minimum Gasteiger partial charge on any atom is -0.492 e. The van der Waals surface area contributed by atoms with Gasteiger partial charge in [0.05, 0.1) is 11.1 Å². The van der Waals surface area contributed by atoms with Crippen LogP contribution in [0.4, 0.5) is 0 Å². The number of hydrogen-bond donors (Lipinski definition) is 1. The van der Waals surface area contributed by atoms with E-state index in [1.165, 1.54) is 38.5 Å². The first-order valence-corrected chi connectivity index (χ1v) is 9.04. The molecule has 5 rings (SSSR count). The fourth-order valence-corrected chi connectivity index (χ4v) is 5.96. The summed E-state index contributed by atoms with van der Waals surface area (Å²) in [6, 6.07) is 5.34. The van der Waals surface area contributed by atoms with Crippen LogP contribution in [0.2, 0.25) is 0 Å². The quantitative estimate of drug-likeness (QED) is 0.873. The molecule has 118 valence electrons. The Hall–Kier alpha value is -1.03. The van der Waals surface area contributed by atoms with Crippen molar-refractivity contribution in [1.82, 2.24) is 0 Å². The molecule has 0 heterocycles. The lowest BCUT2D eigenvalue weighted by molar-refractivity contribution is -0.0746. The van der Waals surface area contributed by atoms with Crippen LogP contribution in [-0.2, 0) is 0 Å². The molecule has 4 aliphatic carbocycles. The number of carbonyl (C=O) groups excluding carboxylic acids is 1. The first kappa shape index (κ1) is 14.6. The van der Waals surface area contributed by atoms with Crippen LogP contribution in [0.15, 0.2) is 22.7 Å². The minimum absolute atomic E-state index is 0.399. The van der Waals surface area contributed by atoms with Crippen LogP contribution in [-0.4, -0.2) is 12.5 Å². The standard InChI is InChI=1S/C18H22BrNO2/c19-15-6-14(17(20)21)1-2-16(15)22-10-18-7-11-3-12(8-18)5-13(4-11)9-18/h1-2,6,11-13H,3-5,7-10H2,(H2,20,21). The van der Waals surface area contributed by atoms with Gasteiger partial charge in [-0.15, -0.1) is 0 Å². The third-order valence-corrected chi connectivity index (χ3v) is 6.54. The van der Waals surface area contributed by atoms with E-state index in [1.807, 2.05) is 6.07 Å². The zero-order valence-electron chi connectivity index (χ0n) is 12.7. The van der Waals surface area contributed by atoms with Gasteiger partial charge in [0, 0.05) is 11.0 Å². The van der Waals surface area contributed by atoms with Crippen LogP contribution in [0.5, 0.6) is 5.75 Å². The number of benzene rings is 1. The number of hydrogen-bond acceptors (Lipinski definition) is 2. The Morgan fingerprint density at radius 1 is 1.18 bits per heavy atom. The summed E-state index contributed by atoms with van der Waals surface area (Å²) in [4.78, 5) is 11.2. The van der Waals surface area contributed by atoms with Gasteiger partial charge in [-0.2, -0.15) is 0 Å². The molecule has 4 fully saturated rings. The Morgan fingerprint density at radius 2 is 1.77 bits per heavy atom. The second-order valence-electron chi connectivity index (χ2n) is 7.72. The fraction of sp³-hybridized carbons (Fsp3) is 0.611. The van der Waals surface area contributed by atoms with Crippen molar-refractivity contribution in [1.29, 1.82) is 0 Å². The van der Waals surface area contributed by atoms with E-state index in [1.54, 1.807) is 12.1 Å². The summed E-state index contributed by atoms with van der Waals surface area (Å²) in [5.41, 5.74) is 6.22. The minimum atomic E-state index is -0.409. The molecule has 0 aromatic heterocycles. The summed E-state index contributed by atoms with van der Waals surface area (Å²) in [7, 11) is 0. The maximum atomic E-state index is 11.2. The number of ether oxygens (including phenoxy) is 1. The van der Waals surface area contributed by atoms with Crippen molar-refractivity contribution >= 4 is 21.8 Å². The van der Waals surface area contributed by atoms with Crippen molar-refractivity contribution in [3.63, 3.8) is 0 Å². The number of primary amides is 1. The molecular formula is C18H22BrNO2. The van der Waals surface area contributed by atoms with Crippen molar-refractivity contribution in [2.24, 2.45) is 28.9 Å². The molecule has 3 nitrogen and oxygen atoms in total. The highest BCUT2D eigenvalue weighted by atomic mass is 79.9. The number of nitrogens with two attached hydrogens (primary N) is 1. The van der Waals surface area contributed by atoms with E-state index in [0.717, 1.165) is 34.6 Å². The van der Waals surface area contributed by atoms with Crippen molar-refractivity contribution in [2.45, 2.75) is 38.5 Å². The van der Waals surface area contributed by atoms with E-state index in [9.17, 15) is 4.79 Å². The molecule has 4 heteroatoms. The second-order valence-corrected chi connectivity index (χ2v) is 8.57. The summed E-state index contributed by atoms with van der Waals surface area (Å²) in [6.07, 6.45) is 8.39. The number of carbonyl (C=O) groups is 1. The van der Waals surface area contributed by atoms with Gasteiger partial charge in [-0.3, -0.25) is 4.79 Å². The molecular weight excluding hydrogens is 342 g/mol. The summed E-state index contributed by atoms with van der Waals surface area (Å²) in [6.45, 7) is 0.811. The van der Waals surface area contributed by atoms with Gasteiger partial charge >= 0.3 is 0 Å². The SMILES string of the molecule is NC(=O)c1ccc(OCC23CC4CC(CC(C4)C2)C3)c(Br)c1. The molecule has 0 saturated heterocycles. The topological polar surface area (TPSA) is 52.3 Å². The molecule has 4 bridgehead atoms. The second kappa shape index (κ2) is 5.26. The van der Waals surface area contributed by atoms with Crippen molar-refractivity contribution in [2.75, 3.05) is 6.61 Å². The maximum Gasteiger partial charge on any atom is 0.248 e. The Labute approximate surface area is 139 Å². The van der Waals surface area contributed by atoms with Crippen LogP contribution in [0.1, 0.15) is 48.9 Å². The fourth-order valence-electron chi connectivity index (χ4n) is 5.47. The molecule has 1 aromatic rings. The zero-order valence-corrected chi connectivity index (χ0v) is 14.3. The van der Waals surface area contributed by atoms with Crippen LogP contribution in [0.25, 0.3) is 0 Å². The highest BCUT2D eigenvalue weighted by molar-refractivity contribution is 9.10. The van der Waals surface area contributed by atoms with E-state index < -0.39 is 5.91 Å². The molecule has 0 radical (unpaired) electrons. The third kappa shape index (κ3) is 2.55. The van der Waals surface area contributed by atoms with Gasteiger partial charge < -0.3 is 10.5 Å². The van der Waals surface area contributed by atoms with Crippen molar-refractivity contribution < 1.29 is 9.53 Å². The molecule has 22 heavy (non-hydrogen) atoms. The number of amides is 1. The van der Waals surface area contributed by atoms with Crippen LogP contribution >= 0.6 is 15.9 Å². The van der Waals surface area contributed by atoms with Gasteiger partial charge in [0.1, 0.15) is 5.75 Å². The van der Waals surface area contributed by atoms with Gasteiger partial charge in [0.2, 0.25) is 5.91 Å². The largest absolute Gasteiger partial charge is 0.492 e. The number of halogens is 1. The normalized spacial score (nSPS) is 35.6. The molecule has 0 atom stereocenters. The third-order valence-electron chi connectivity index (χ3n) is 5.92. The predicted molar refractivity (Wildman–Crippen MR) is 88.8 cm³/mol. The van der Waals surface area contributed by atoms with Crippen LogP contribution < -0.4 is 10.5 Å². The Bertz CT molecular complexity index is 578. The molecule has 1 aromatic carbocycles. The Balaban J connectivity index is 1.48. The molecule has 4 saturated carbocycles. The van der Waals surface area contributed by atoms with E-state index >= 15 is 0 Å². The smallest absolute Gasteiger partial charge is 0.248 e. The van der Waals surface area contributed by atoms with Crippen LogP contribution in [0, 0.1) is 23.2 Å². The molecule has 4 aliphatic rings.